The molecule has 1 aromatic carbocycles. The van der Waals surface area contributed by atoms with E-state index in [2.05, 4.69) is 10.2 Å². The Balaban J connectivity index is 2.56. The number of fused-ring (bicyclic) bond motifs is 1. The SMILES string of the molecule is CC1N=NC(Cl)c2cc(O)ccc21. The van der Waals surface area contributed by atoms with Crippen LogP contribution >= 0.6 is 11.6 Å². The molecule has 1 aliphatic rings. The molecule has 2 rings (SSSR count). The lowest BCUT2D eigenvalue weighted by Crippen LogP contribution is -2.02. The van der Waals surface area contributed by atoms with Crippen molar-refractivity contribution in [3.63, 3.8) is 0 Å². The molecule has 2 atom stereocenters. The second-order valence-electron chi connectivity index (χ2n) is 3.06. The smallest absolute Gasteiger partial charge is 0.169 e. The zero-order chi connectivity index (χ0) is 9.42. The van der Waals surface area contributed by atoms with Gasteiger partial charge in [-0.1, -0.05) is 17.7 Å². The van der Waals surface area contributed by atoms with Crippen molar-refractivity contribution in [1.29, 1.82) is 0 Å². The Morgan fingerprint density at radius 3 is 2.85 bits per heavy atom. The maximum atomic E-state index is 9.26. The van der Waals surface area contributed by atoms with Gasteiger partial charge in [-0.2, -0.15) is 10.2 Å². The number of benzene rings is 1. The lowest BCUT2D eigenvalue weighted by atomic mass is 10.0. The van der Waals surface area contributed by atoms with Crippen molar-refractivity contribution in [1.82, 2.24) is 0 Å². The maximum absolute atomic E-state index is 9.26. The van der Waals surface area contributed by atoms with Crippen molar-refractivity contribution >= 4 is 11.6 Å². The Labute approximate surface area is 81.1 Å². The Hall–Kier alpha value is -1.09. The third-order valence-electron chi connectivity index (χ3n) is 2.12. The van der Waals surface area contributed by atoms with E-state index >= 15 is 0 Å². The summed E-state index contributed by atoms with van der Waals surface area (Å²) in [5.41, 5.74) is 1.43. The molecule has 0 fully saturated rings. The van der Waals surface area contributed by atoms with E-state index in [1.807, 2.05) is 13.0 Å². The van der Waals surface area contributed by atoms with E-state index in [9.17, 15) is 5.11 Å². The van der Waals surface area contributed by atoms with E-state index in [0.717, 1.165) is 11.1 Å². The maximum Gasteiger partial charge on any atom is 0.169 e. The fraction of sp³-hybridized carbons (Fsp3) is 0.333. The number of halogens is 1. The summed E-state index contributed by atoms with van der Waals surface area (Å²) < 4.78 is 0. The van der Waals surface area contributed by atoms with E-state index in [1.165, 1.54) is 0 Å². The van der Waals surface area contributed by atoms with Crippen LogP contribution < -0.4 is 0 Å². The molecule has 0 radical (unpaired) electrons. The Morgan fingerprint density at radius 1 is 1.31 bits per heavy atom. The fourth-order valence-corrected chi connectivity index (χ4v) is 1.67. The minimum Gasteiger partial charge on any atom is -0.508 e. The Bertz CT molecular complexity index is 365. The van der Waals surface area contributed by atoms with Gasteiger partial charge >= 0.3 is 0 Å². The van der Waals surface area contributed by atoms with Crippen molar-refractivity contribution in [3.8, 4) is 5.75 Å². The van der Waals surface area contributed by atoms with Gasteiger partial charge in [0.1, 0.15) is 5.75 Å². The first-order valence-corrected chi connectivity index (χ1v) is 4.49. The second kappa shape index (κ2) is 3.00. The van der Waals surface area contributed by atoms with Crippen molar-refractivity contribution in [3.05, 3.63) is 29.3 Å². The summed E-state index contributed by atoms with van der Waals surface area (Å²) in [5.74, 6) is 0.216. The van der Waals surface area contributed by atoms with E-state index in [-0.39, 0.29) is 11.8 Å². The molecule has 1 aromatic rings. The molecule has 0 aromatic heterocycles. The minimum absolute atomic E-state index is 0.0330. The number of phenols is 1. The van der Waals surface area contributed by atoms with Gasteiger partial charge in [-0.05, 0) is 24.6 Å². The zero-order valence-corrected chi connectivity index (χ0v) is 7.86. The van der Waals surface area contributed by atoms with Gasteiger partial charge in [0.15, 0.2) is 5.50 Å². The highest BCUT2D eigenvalue weighted by molar-refractivity contribution is 6.20. The lowest BCUT2D eigenvalue weighted by molar-refractivity contribution is 0.473. The molecule has 0 amide bonds. The summed E-state index contributed by atoms with van der Waals surface area (Å²) in [6.07, 6.45) is 0. The molecule has 13 heavy (non-hydrogen) atoms. The van der Waals surface area contributed by atoms with Crippen LogP contribution in [0.15, 0.2) is 28.4 Å². The summed E-state index contributed by atoms with van der Waals surface area (Å²) in [6, 6.07) is 5.15. The van der Waals surface area contributed by atoms with Gasteiger partial charge < -0.3 is 5.11 Å². The molecule has 3 nitrogen and oxygen atoms in total. The predicted octanol–water partition coefficient (Wildman–Crippen LogP) is 3.16. The first kappa shape index (κ1) is 8.51. The zero-order valence-electron chi connectivity index (χ0n) is 7.11. The van der Waals surface area contributed by atoms with Crippen LogP contribution in [0.25, 0.3) is 0 Å². The third-order valence-corrected chi connectivity index (χ3v) is 2.44. The van der Waals surface area contributed by atoms with Crippen molar-refractivity contribution in [2.45, 2.75) is 18.5 Å². The highest BCUT2D eigenvalue weighted by Gasteiger charge is 2.20. The molecule has 68 valence electrons. The van der Waals surface area contributed by atoms with Crippen LogP contribution in [0.4, 0.5) is 0 Å². The fourth-order valence-electron chi connectivity index (χ4n) is 1.43. The van der Waals surface area contributed by atoms with E-state index in [1.54, 1.807) is 12.1 Å². The molecule has 1 aliphatic heterocycles. The summed E-state index contributed by atoms with van der Waals surface area (Å²) in [4.78, 5) is 0. The average Bonchev–Trinajstić information content (AvgIpc) is 2.12. The highest BCUT2D eigenvalue weighted by Crippen LogP contribution is 2.37. The van der Waals surface area contributed by atoms with Gasteiger partial charge in [0.2, 0.25) is 0 Å². The van der Waals surface area contributed by atoms with Crippen LogP contribution in [0, 0.1) is 0 Å². The average molecular weight is 197 g/mol. The van der Waals surface area contributed by atoms with Crippen LogP contribution in [0.5, 0.6) is 5.75 Å². The number of nitrogens with zero attached hydrogens (tertiary/aromatic N) is 2. The molecule has 2 unspecified atom stereocenters. The quantitative estimate of drug-likeness (QED) is 0.503. The first-order valence-electron chi connectivity index (χ1n) is 4.05. The van der Waals surface area contributed by atoms with Gasteiger partial charge in [0, 0.05) is 5.56 Å². The number of hydrogen-bond acceptors (Lipinski definition) is 3. The van der Waals surface area contributed by atoms with Gasteiger partial charge in [-0.3, -0.25) is 0 Å². The largest absolute Gasteiger partial charge is 0.508 e. The molecule has 0 saturated heterocycles. The van der Waals surface area contributed by atoms with Crippen LogP contribution in [-0.2, 0) is 0 Å². The van der Waals surface area contributed by atoms with E-state index < -0.39 is 5.50 Å². The molecule has 1 N–H and O–H groups in total. The molecule has 0 spiro atoms. The van der Waals surface area contributed by atoms with Crippen LogP contribution in [0.2, 0.25) is 0 Å². The molecule has 4 heteroatoms. The number of aromatic hydroxyl groups is 1. The topological polar surface area (TPSA) is 45.0 Å². The predicted molar refractivity (Wildman–Crippen MR) is 50.0 cm³/mol. The number of azo groups is 1. The van der Waals surface area contributed by atoms with Crippen molar-refractivity contribution < 1.29 is 5.11 Å². The molecule has 0 bridgehead atoms. The van der Waals surface area contributed by atoms with Crippen LogP contribution in [0.3, 0.4) is 0 Å². The number of phenolic OH excluding ortho intramolecular Hbond substituents is 1. The van der Waals surface area contributed by atoms with E-state index in [4.69, 9.17) is 11.6 Å². The summed E-state index contributed by atoms with van der Waals surface area (Å²) in [5, 5.41) is 17.1. The highest BCUT2D eigenvalue weighted by atomic mass is 35.5. The van der Waals surface area contributed by atoms with Gasteiger partial charge in [0.25, 0.3) is 0 Å². The second-order valence-corrected chi connectivity index (χ2v) is 3.47. The first-order chi connectivity index (χ1) is 6.18. The third kappa shape index (κ3) is 1.40. The lowest BCUT2D eigenvalue weighted by Gasteiger charge is -2.18. The Kier molecular flexibility index (Phi) is 1.96. The van der Waals surface area contributed by atoms with Crippen molar-refractivity contribution in [2.75, 3.05) is 0 Å². The molecule has 0 saturated carbocycles. The monoisotopic (exact) mass is 196 g/mol. The summed E-state index contributed by atoms with van der Waals surface area (Å²) in [7, 11) is 0. The summed E-state index contributed by atoms with van der Waals surface area (Å²) >= 11 is 5.91. The molecular formula is C9H9ClN2O. The normalized spacial score (nSPS) is 25.7. The van der Waals surface area contributed by atoms with Gasteiger partial charge in [-0.25, -0.2) is 0 Å². The molecule has 1 heterocycles. The van der Waals surface area contributed by atoms with E-state index in [0.29, 0.717) is 0 Å². The number of alkyl halides is 1. The van der Waals surface area contributed by atoms with Crippen LogP contribution in [0.1, 0.15) is 29.6 Å². The summed E-state index contributed by atoms with van der Waals surface area (Å²) in [6.45, 7) is 1.95. The van der Waals surface area contributed by atoms with Gasteiger partial charge in [0.05, 0.1) is 6.04 Å². The Morgan fingerprint density at radius 2 is 2.08 bits per heavy atom. The van der Waals surface area contributed by atoms with Gasteiger partial charge in [-0.15, -0.1) is 0 Å². The minimum atomic E-state index is -0.460. The molecular weight excluding hydrogens is 188 g/mol. The number of rotatable bonds is 0. The van der Waals surface area contributed by atoms with Crippen molar-refractivity contribution in [2.24, 2.45) is 10.2 Å². The number of hydrogen-bond donors (Lipinski definition) is 1. The van der Waals surface area contributed by atoms with Crippen LogP contribution in [-0.4, -0.2) is 5.11 Å². The standard InChI is InChI=1S/C9H9ClN2O/c1-5-7-3-2-6(13)4-8(7)9(10)12-11-5/h2-5,9,13H,1H3. The molecule has 0 aliphatic carbocycles.